The molecule has 3 heteroatoms. The fourth-order valence-electron chi connectivity index (χ4n) is 1.70. The molecule has 0 unspecified atom stereocenters. The summed E-state index contributed by atoms with van der Waals surface area (Å²) in [6.45, 7) is 5.97. The van der Waals surface area contributed by atoms with Crippen LogP contribution in [0.5, 0.6) is 0 Å². The van der Waals surface area contributed by atoms with E-state index in [1.54, 1.807) is 6.07 Å². The van der Waals surface area contributed by atoms with Gasteiger partial charge in [-0.1, -0.05) is 25.5 Å². The van der Waals surface area contributed by atoms with Crippen LogP contribution in [0.2, 0.25) is 0 Å². The number of hydrogen-bond acceptors (Lipinski definition) is 3. The van der Waals surface area contributed by atoms with Crippen molar-refractivity contribution in [1.29, 1.82) is 0 Å². The number of furan rings is 1. The summed E-state index contributed by atoms with van der Waals surface area (Å²) >= 11 is 0. The third-order valence-corrected chi connectivity index (χ3v) is 3.02. The lowest BCUT2D eigenvalue weighted by atomic mass is 9.87. The fourth-order valence-corrected chi connectivity index (χ4v) is 1.70. The van der Waals surface area contributed by atoms with Gasteiger partial charge in [0.2, 0.25) is 5.78 Å². The van der Waals surface area contributed by atoms with Crippen LogP contribution in [0.1, 0.15) is 30.0 Å². The summed E-state index contributed by atoms with van der Waals surface area (Å²) in [5, 5.41) is 0.959. The van der Waals surface area contributed by atoms with Crippen molar-refractivity contribution in [3.63, 3.8) is 0 Å². The Labute approximate surface area is 101 Å². The third-order valence-electron chi connectivity index (χ3n) is 3.02. The number of fused-ring (bicyclic) bond motifs is 1. The van der Waals surface area contributed by atoms with Crippen LogP contribution in [0.4, 0.5) is 0 Å². The Morgan fingerprint density at radius 3 is 2.71 bits per heavy atom. The van der Waals surface area contributed by atoms with Crippen molar-refractivity contribution < 1.29 is 9.21 Å². The van der Waals surface area contributed by atoms with Gasteiger partial charge in [0.05, 0.1) is 0 Å². The van der Waals surface area contributed by atoms with E-state index >= 15 is 0 Å². The summed E-state index contributed by atoms with van der Waals surface area (Å²) in [4.78, 5) is 12.2. The van der Waals surface area contributed by atoms with Crippen molar-refractivity contribution in [3.05, 3.63) is 35.6 Å². The quantitative estimate of drug-likeness (QED) is 0.826. The maximum absolute atomic E-state index is 12.2. The van der Waals surface area contributed by atoms with Gasteiger partial charge in [-0.2, -0.15) is 0 Å². The maximum Gasteiger partial charge on any atom is 0.204 e. The summed E-state index contributed by atoms with van der Waals surface area (Å²) < 4.78 is 5.57. The zero-order chi connectivity index (χ0) is 12.6. The smallest absolute Gasteiger partial charge is 0.204 e. The number of carbonyl (C=O) groups is 1. The summed E-state index contributed by atoms with van der Waals surface area (Å²) in [5.74, 6) is 0.343. The summed E-state index contributed by atoms with van der Waals surface area (Å²) in [6, 6.07) is 7.65. The Balaban J connectivity index is 2.47. The Morgan fingerprint density at radius 2 is 2.06 bits per heavy atom. The monoisotopic (exact) mass is 231 g/mol. The molecule has 3 nitrogen and oxygen atoms in total. The molecule has 90 valence electrons. The highest BCUT2D eigenvalue weighted by Gasteiger charge is 2.29. The standard InChI is InChI=1S/C14H17NO2/c1-9-4-5-11-10(6-9)7-12(17-11)13(16)14(2,3)8-15/h4-7H,8,15H2,1-3H3. The molecule has 0 atom stereocenters. The van der Waals surface area contributed by atoms with Crippen LogP contribution < -0.4 is 5.73 Å². The highest BCUT2D eigenvalue weighted by molar-refractivity contribution is 6.01. The first-order valence-electron chi connectivity index (χ1n) is 5.69. The summed E-state index contributed by atoms with van der Waals surface area (Å²) in [5.41, 5.74) is 6.91. The van der Waals surface area contributed by atoms with E-state index in [-0.39, 0.29) is 5.78 Å². The molecule has 0 saturated heterocycles. The van der Waals surface area contributed by atoms with Crippen LogP contribution in [0.3, 0.4) is 0 Å². The average Bonchev–Trinajstić information content (AvgIpc) is 2.70. The van der Waals surface area contributed by atoms with E-state index < -0.39 is 5.41 Å². The summed E-state index contributed by atoms with van der Waals surface area (Å²) in [7, 11) is 0. The van der Waals surface area contributed by atoms with Gasteiger partial charge in [-0.15, -0.1) is 0 Å². The predicted octanol–water partition coefficient (Wildman–Crippen LogP) is 2.91. The van der Waals surface area contributed by atoms with Gasteiger partial charge < -0.3 is 10.2 Å². The Hall–Kier alpha value is -1.61. The number of ketones is 1. The molecule has 2 rings (SSSR count). The number of Topliss-reactive ketones (excluding diaryl/α,β-unsaturated/α-hetero) is 1. The van der Waals surface area contributed by atoms with Crippen molar-refractivity contribution in [1.82, 2.24) is 0 Å². The molecule has 2 N–H and O–H groups in total. The molecule has 0 aliphatic heterocycles. The van der Waals surface area contributed by atoms with E-state index in [1.165, 1.54) is 0 Å². The minimum Gasteiger partial charge on any atom is -0.453 e. The van der Waals surface area contributed by atoms with E-state index in [9.17, 15) is 4.79 Å². The molecular weight excluding hydrogens is 214 g/mol. The van der Waals surface area contributed by atoms with E-state index in [0.29, 0.717) is 12.3 Å². The number of benzene rings is 1. The lowest BCUT2D eigenvalue weighted by Crippen LogP contribution is -2.32. The first-order chi connectivity index (χ1) is 7.94. The topological polar surface area (TPSA) is 56.2 Å². The number of carbonyl (C=O) groups excluding carboxylic acids is 1. The van der Waals surface area contributed by atoms with Crippen LogP contribution in [0, 0.1) is 12.3 Å². The lowest BCUT2D eigenvalue weighted by molar-refractivity contribution is 0.0820. The molecule has 0 bridgehead atoms. The lowest BCUT2D eigenvalue weighted by Gasteiger charge is -2.18. The van der Waals surface area contributed by atoms with Crippen molar-refractivity contribution in [2.24, 2.45) is 11.1 Å². The van der Waals surface area contributed by atoms with Crippen molar-refractivity contribution in [2.45, 2.75) is 20.8 Å². The molecule has 0 saturated carbocycles. The highest BCUT2D eigenvalue weighted by atomic mass is 16.3. The van der Waals surface area contributed by atoms with Gasteiger partial charge in [0.15, 0.2) is 5.76 Å². The summed E-state index contributed by atoms with van der Waals surface area (Å²) in [6.07, 6.45) is 0. The Kier molecular flexibility index (Phi) is 2.79. The van der Waals surface area contributed by atoms with Crippen molar-refractivity contribution >= 4 is 16.8 Å². The molecule has 0 amide bonds. The van der Waals surface area contributed by atoms with Crippen LogP contribution in [0.15, 0.2) is 28.7 Å². The van der Waals surface area contributed by atoms with E-state index in [0.717, 1.165) is 16.5 Å². The zero-order valence-corrected chi connectivity index (χ0v) is 10.4. The molecule has 0 spiro atoms. The normalized spacial score (nSPS) is 12.0. The molecule has 0 aliphatic rings. The molecule has 0 aliphatic carbocycles. The predicted molar refractivity (Wildman–Crippen MR) is 68.1 cm³/mol. The molecule has 0 fully saturated rings. The maximum atomic E-state index is 12.2. The van der Waals surface area contributed by atoms with Gasteiger partial charge in [0.25, 0.3) is 0 Å². The van der Waals surface area contributed by atoms with E-state index in [4.69, 9.17) is 10.2 Å². The SMILES string of the molecule is Cc1ccc2oc(C(=O)C(C)(C)CN)cc2c1. The second-order valence-corrected chi connectivity index (χ2v) is 5.07. The zero-order valence-electron chi connectivity index (χ0n) is 10.4. The van der Waals surface area contributed by atoms with Gasteiger partial charge >= 0.3 is 0 Å². The molecule has 17 heavy (non-hydrogen) atoms. The second-order valence-electron chi connectivity index (χ2n) is 5.07. The third kappa shape index (κ3) is 2.11. The molecule has 1 heterocycles. The first kappa shape index (κ1) is 11.9. The van der Waals surface area contributed by atoms with E-state index in [1.807, 2.05) is 39.0 Å². The van der Waals surface area contributed by atoms with Crippen LogP contribution in [0.25, 0.3) is 11.0 Å². The average molecular weight is 231 g/mol. The van der Waals surface area contributed by atoms with E-state index in [2.05, 4.69) is 0 Å². The van der Waals surface area contributed by atoms with Crippen molar-refractivity contribution in [2.75, 3.05) is 6.54 Å². The van der Waals surface area contributed by atoms with Crippen LogP contribution >= 0.6 is 0 Å². The molecule has 1 aromatic heterocycles. The molecular formula is C14H17NO2. The number of hydrogen-bond donors (Lipinski definition) is 1. The second kappa shape index (κ2) is 4.00. The number of aryl methyl sites for hydroxylation is 1. The Bertz CT molecular complexity index is 567. The van der Waals surface area contributed by atoms with Crippen LogP contribution in [-0.2, 0) is 0 Å². The molecule has 0 radical (unpaired) electrons. The van der Waals surface area contributed by atoms with Gasteiger partial charge in [0.1, 0.15) is 5.58 Å². The van der Waals surface area contributed by atoms with Crippen LogP contribution in [-0.4, -0.2) is 12.3 Å². The number of rotatable bonds is 3. The van der Waals surface area contributed by atoms with Gasteiger partial charge in [0, 0.05) is 17.3 Å². The molecule has 1 aromatic carbocycles. The van der Waals surface area contributed by atoms with Gasteiger partial charge in [-0.25, -0.2) is 0 Å². The fraction of sp³-hybridized carbons (Fsp3) is 0.357. The first-order valence-corrected chi connectivity index (χ1v) is 5.69. The number of nitrogens with two attached hydrogens (primary N) is 1. The molecule has 2 aromatic rings. The van der Waals surface area contributed by atoms with Gasteiger partial charge in [-0.05, 0) is 25.1 Å². The highest BCUT2D eigenvalue weighted by Crippen LogP contribution is 2.26. The van der Waals surface area contributed by atoms with Crippen molar-refractivity contribution in [3.8, 4) is 0 Å². The minimum absolute atomic E-state index is 0.0474. The van der Waals surface area contributed by atoms with Gasteiger partial charge in [-0.3, -0.25) is 4.79 Å². The minimum atomic E-state index is -0.580. The Morgan fingerprint density at radius 1 is 1.35 bits per heavy atom. The largest absolute Gasteiger partial charge is 0.453 e.